The molecule has 2 aromatic carbocycles. The van der Waals surface area contributed by atoms with Crippen molar-refractivity contribution in [2.24, 2.45) is 4.40 Å². The topological polar surface area (TPSA) is 78.8 Å². The van der Waals surface area contributed by atoms with Crippen molar-refractivity contribution in [2.45, 2.75) is 42.4 Å². The third-order valence-corrected chi connectivity index (χ3v) is 7.33. The number of rotatable bonds is 5. The van der Waals surface area contributed by atoms with Crippen molar-refractivity contribution in [3.63, 3.8) is 0 Å². The molecular weight excluding hydrogens is 405 g/mol. The van der Waals surface area contributed by atoms with Crippen molar-refractivity contribution >= 4 is 27.5 Å². The summed E-state index contributed by atoms with van der Waals surface area (Å²) in [4.78, 5) is 14.9. The van der Waals surface area contributed by atoms with Crippen molar-refractivity contribution in [1.29, 1.82) is 0 Å². The third kappa shape index (κ3) is 3.84. The summed E-state index contributed by atoms with van der Waals surface area (Å²) in [6, 6.07) is 12.1. The van der Waals surface area contributed by atoms with E-state index in [1.54, 1.807) is 24.3 Å². The standard InChI is InChI=1S/C22H24FN3O3S/c1-26-15-2-4-20(26)25-30(28,29)19-11-9-18(10-12-19)24-21(27)22(13-3-14-22)16-5-7-17(23)8-6-16/h5-12H,2-4,13-15H2,1H3,(H,24,27). The number of benzene rings is 2. The number of amidine groups is 1. The molecule has 1 aliphatic heterocycles. The summed E-state index contributed by atoms with van der Waals surface area (Å²) in [5.41, 5.74) is 0.638. The average molecular weight is 430 g/mol. The van der Waals surface area contributed by atoms with E-state index < -0.39 is 15.4 Å². The molecule has 8 heteroatoms. The van der Waals surface area contributed by atoms with Crippen LogP contribution in [0, 0.1) is 5.82 Å². The van der Waals surface area contributed by atoms with Gasteiger partial charge in [0.05, 0.1) is 10.3 Å². The lowest BCUT2D eigenvalue weighted by atomic mass is 9.64. The first-order valence-corrected chi connectivity index (χ1v) is 11.5. The Morgan fingerprint density at radius 2 is 1.73 bits per heavy atom. The van der Waals surface area contributed by atoms with Gasteiger partial charge < -0.3 is 10.2 Å². The zero-order chi connectivity index (χ0) is 21.4. The van der Waals surface area contributed by atoms with E-state index in [1.807, 2.05) is 11.9 Å². The second kappa shape index (κ2) is 7.83. The van der Waals surface area contributed by atoms with Crippen LogP contribution in [0.15, 0.2) is 57.8 Å². The van der Waals surface area contributed by atoms with E-state index >= 15 is 0 Å². The highest BCUT2D eigenvalue weighted by Crippen LogP contribution is 2.44. The molecule has 0 spiro atoms. The number of nitrogens with zero attached hydrogens (tertiary/aromatic N) is 2. The lowest BCUT2D eigenvalue weighted by Crippen LogP contribution is -2.46. The van der Waals surface area contributed by atoms with Crippen LogP contribution in [0.5, 0.6) is 0 Å². The van der Waals surface area contributed by atoms with E-state index in [2.05, 4.69) is 9.71 Å². The van der Waals surface area contributed by atoms with Crippen LogP contribution in [0.2, 0.25) is 0 Å². The van der Waals surface area contributed by atoms with Crippen LogP contribution in [0.3, 0.4) is 0 Å². The summed E-state index contributed by atoms with van der Waals surface area (Å²) in [7, 11) is -1.96. The number of carbonyl (C=O) groups excluding carboxylic acids is 1. The fourth-order valence-corrected chi connectivity index (χ4v) is 5.10. The molecular formula is C22H24FN3O3S. The van der Waals surface area contributed by atoms with Gasteiger partial charge in [-0.2, -0.15) is 8.42 Å². The molecule has 0 radical (unpaired) electrons. The third-order valence-electron chi connectivity index (χ3n) is 6.01. The number of carbonyl (C=O) groups is 1. The monoisotopic (exact) mass is 429 g/mol. The molecule has 0 bridgehead atoms. The average Bonchev–Trinajstić information content (AvgIpc) is 3.07. The Morgan fingerprint density at radius 1 is 1.07 bits per heavy atom. The van der Waals surface area contributed by atoms with Gasteiger partial charge in [0.25, 0.3) is 10.0 Å². The largest absolute Gasteiger partial charge is 0.362 e. The fraction of sp³-hybridized carbons (Fsp3) is 0.364. The maximum absolute atomic E-state index is 13.3. The van der Waals surface area contributed by atoms with Gasteiger partial charge in [-0.25, -0.2) is 4.39 Å². The Bertz CT molecular complexity index is 1080. The van der Waals surface area contributed by atoms with Gasteiger partial charge in [-0.15, -0.1) is 4.40 Å². The minimum absolute atomic E-state index is 0.0881. The van der Waals surface area contributed by atoms with Gasteiger partial charge in [0, 0.05) is 25.7 Å². The van der Waals surface area contributed by atoms with E-state index in [1.165, 1.54) is 24.3 Å². The number of nitrogens with one attached hydrogen (secondary N) is 1. The highest BCUT2D eigenvalue weighted by Gasteiger charge is 2.45. The van der Waals surface area contributed by atoms with Gasteiger partial charge in [0.1, 0.15) is 11.7 Å². The molecule has 1 saturated carbocycles. The lowest BCUT2D eigenvalue weighted by Gasteiger charge is -2.40. The Labute approximate surface area is 175 Å². The smallest absolute Gasteiger partial charge is 0.283 e. The van der Waals surface area contributed by atoms with Gasteiger partial charge in [-0.3, -0.25) is 4.79 Å². The molecule has 1 amide bonds. The molecule has 1 aliphatic carbocycles. The lowest BCUT2D eigenvalue weighted by molar-refractivity contribution is -0.124. The van der Waals surface area contributed by atoms with Crippen molar-refractivity contribution in [3.05, 3.63) is 59.9 Å². The first-order chi connectivity index (χ1) is 14.3. The molecule has 0 unspecified atom stereocenters. The number of halogens is 1. The molecule has 0 aromatic heterocycles. The van der Waals surface area contributed by atoms with Gasteiger partial charge in [-0.1, -0.05) is 18.6 Å². The molecule has 4 rings (SSSR count). The molecule has 158 valence electrons. The van der Waals surface area contributed by atoms with E-state index in [-0.39, 0.29) is 16.6 Å². The molecule has 6 nitrogen and oxygen atoms in total. The number of hydrogen-bond donors (Lipinski definition) is 1. The molecule has 2 aromatic rings. The summed E-state index contributed by atoms with van der Waals surface area (Å²) < 4.78 is 42.3. The fourth-order valence-electron chi connectivity index (χ4n) is 4.01. The van der Waals surface area contributed by atoms with Gasteiger partial charge in [-0.05, 0) is 61.2 Å². The van der Waals surface area contributed by atoms with E-state index in [9.17, 15) is 17.6 Å². The quantitative estimate of drug-likeness (QED) is 0.786. The van der Waals surface area contributed by atoms with Gasteiger partial charge in [0.15, 0.2) is 0 Å². The summed E-state index contributed by atoms with van der Waals surface area (Å²) in [5.74, 6) is 0.0696. The van der Waals surface area contributed by atoms with E-state index in [4.69, 9.17) is 0 Å². The van der Waals surface area contributed by atoms with Gasteiger partial charge in [0.2, 0.25) is 5.91 Å². The zero-order valence-electron chi connectivity index (χ0n) is 16.8. The predicted octanol–water partition coefficient (Wildman–Crippen LogP) is 3.70. The maximum atomic E-state index is 13.3. The molecule has 2 fully saturated rings. The van der Waals surface area contributed by atoms with Crippen LogP contribution in [0.1, 0.15) is 37.7 Å². The number of sulfonamides is 1. The minimum Gasteiger partial charge on any atom is -0.362 e. The second-order valence-corrected chi connectivity index (χ2v) is 9.53. The van der Waals surface area contributed by atoms with Crippen LogP contribution in [0.4, 0.5) is 10.1 Å². The molecule has 1 heterocycles. The summed E-state index contributed by atoms with van der Waals surface area (Å²) in [5, 5.41) is 2.89. The van der Waals surface area contributed by atoms with Crippen LogP contribution in [0.25, 0.3) is 0 Å². The predicted molar refractivity (Wildman–Crippen MR) is 113 cm³/mol. The molecule has 30 heavy (non-hydrogen) atoms. The molecule has 0 atom stereocenters. The maximum Gasteiger partial charge on any atom is 0.283 e. The second-order valence-electron chi connectivity index (χ2n) is 7.93. The first kappa shape index (κ1) is 20.5. The zero-order valence-corrected chi connectivity index (χ0v) is 17.6. The highest BCUT2D eigenvalue weighted by atomic mass is 32.2. The van der Waals surface area contributed by atoms with Crippen LogP contribution in [-0.4, -0.2) is 38.7 Å². The summed E-state index contributed by atoms with van der Waals surface area (Å²) >= 11 is 0. The van der Waals surface area contributed by atoms with Crippen LogP contribution >= 0.6 is 0 Å². The normalized spacial score (nSPS) is 19.5. The number of amides is 1. The molecule has 1 saturated heterocycles. The SMILES string of the molecule is CN1CCCC1=NS(=O)(=O)c1ccc(NC(=O)C2(c3ccc(F)cc3)CCC2)cc1. The van der Waals surface area contributed by atoms with E-state index in [0.717, 1.165) is 24.9 Å². The first-order valence-electron chi connectivity index (χ1n) is 10.0. The van der Waals surface area contributed by atoms with Crippen molar-refractivity contribution in [2.75, 3.05) is 18.9 Å². The van der Waals surface area contributed by atoms with Crippen LogP contribution < -0.4 is 5.32 Å². The van der Waals surface area contributed by atoms with Crippen LogP contribution in [-0.2, 0) is 20.2 Å². The van der Waals surface area contributed by atoms with Crippen molar-refractivity contribution in [3.8, 4) is 0 Å². The van der Waals surface area contributed by atoms with Crippen molar-refractivity contribution in [1.82, 2.24) is 4.90 Å². The minimum atomic E-state index is -3.79. The molecule has 2 aliphatic rings. The summed E-state index contributed by atoms with van der Waals surface area (Å²) in [6.45, 7) is 0.801. The number of likely N-dealkylation sites (tertiary alicyclic amines) is 1. The van der Waals surface area contributed by atoms with Crippen molar-refractivity contribution < 1.29 is 17.6 Å². The Balaban J connectivity index is 1.51. The molecule has 1 N–H and O–H groups in total. The number of anilines is 1. The van der Waals surface area contributed by atoms with E-state index in [0.29, 0.717) is 30.8 Å². The number of hydrogen-bond acceptors (Lipinski definition) is 3. The Kier molecular flexibility index (Phi) is 5.36. The summed E-state index contributed by atoms with van der Waals surface area (Å²) in [6.07, 6.45) is 3.86. The highest BCUT2D eigenvalue weighted by molar-refractivity contribution is 7.90. The Morgan fingerprint density at radius 3 is 2.27 bits per heavy atom. The van der Waals surface area contributed by atoms with Gasteiger partial charge >= 0.3 is 0 Å². The Hall–Kier alpha value is -2.74.